The molecule has 2 N–H and O–H groups in total. The lowest BCUT2D eigenvalue weighted by molar-refractivity contribution is -0.127. The van der Waals surface area contributed by atoms with Crippen molar-refractivity contribution in [2.75, 3.05) is 13.1 Å². The summed E-state index contributed by atoms with van der Waals surface area (Å²) in [5.41, 5.74) is 3.16. The summed E-state index contributed by atoms with van der Waals surface area (Å²) >= 11 is 5.27. The molecular weight excluding hydrogens is 372 g/mol. The molecule has 0 spiro atoms. The average molecular weight is 397 g/mol. The number of likely N-dealkylation sites (N-methyl/N-ethyl adjacent to an activating group) is 1. The van der Waals surface area contributed by atoms with Gasteiger partial charge in [-0.05, 0) is 75.7 Å². The van der Waals surface area contributed by atoms with Gasteiger partial charge in [-0.15, -0.1) is 0 Å². The fraction of sp³-hybridized carbons (Fsp3) is 0.474. The van der Waals surface area contributed by atoms with E-state index in [1.165, 1.54) is 0 Å². The Kier molecular flexibility index (Phi) is 6.75. The van der Waals surface area contributed by atoms with Crippen molar-refractivity contribution < 1.29 is 18.3 Å². The fourth-order valence-electron chi connectivity index (χ4n) is 3.33. The number of thiocarbonyl (C=S) groups is 1. The standard InChI is InChI=1S/C19H25F2N3O2S/c1-6-24(7-2)17(25)14-12(5)22-19(27)23-15(14)13-8-10(3)16(11(4)9-13)26-18(20)21/h8-9,15,18H,6-7H2,1-5H3,(H2,22,23,27)/t15-/m1/s1. The number of hydrogen-bond acceptors (Lipinski definition) is 3. The maximum atomic E-state index is 13.1. The zero-order valence-electron chi connectivity index (χ0n) is 16.2. The van der Waals surface area contributed by atoms with E-state index < -0.39 is 12.7 Å². The molecular formula is C19H25F2N3O2S. The van der Waals surface area contributed by atoms with E-state index in [1.807, 2.05) is 20.8 Å². The Morgan fingerprint density at radius 2 is 1.78 bits per heavy atom. The van der Waals surface area contributed by atoms with E-state index in [1.54, 1.807) is 30.9 Å². The van der Waals surface area contributed by atoms with Crippen LogP contribution in [0.25, 0.3) is 0 Å². The number of alkyl halides is 2. The highest BCUT2D eigenvalue weighted by Gasteiger charge is 2.32. The van der Waals surface area contributed by atoms with Crippen LogP contribution in [0.1, 0.15) is 43.5 Å². The number of hydrogen-bond donors (Lipinski definition) is 2. The third-order valence-corrected chi connectivity index (χ3v) is 4.79. The van der Waals surface area contributed by atoms with Gasteiger partial charge in [0.2, 0.25) is 0 Å². The van der Waals surface area contributed by atoms with Gasteiger partial charge in [0.15, 0.2) is 5.11 Å². The van der Waals surface area contributed by atoms with E-state index in [-0.39, 0.29) is 11.7 Å². The summed E-state index contributed by atoms with van der Waals surface area (Å²) in [4.78, 5) is 14.8. The topological polar surface area (TPSA) is 53.6 Å². The Hall–Kier alpha value is -2.22. The van der Waals surface area contributed by atoms with Gasteiger partial charge in [-0.25, -0.2) is 0 Å². The van der Waals surface area contributed by atoms with Crippen molar-refractivity contribution in [3.63, 3.8) is 0 Å². The number of halogens is 2. The first-order valence-corrected chi connectivity index (χ1v) is 9.23. The van der Waals surface area contributed by atoms with Crippen LogP contribution in [0.2, 0.25) is 0 Å². The van der Waals surface area contributed by atoms with Crippen LogP contribution in [0.3, 0.4) is 0 Å². The summed E-state index contributed by atoms with van der Waals surface area (Å²) < 4.78 is 29.9. The van der Waals surface area contributed by atoms with Crippen molar-refractivity contribution in [3.8, 4) is 5.75 Å². The van der Waals surface area contributed by atoms with Gasteiger partial charge < -0.3 is 20.3 Å². The Morgan fingerprint density at radius 1 is 1.22 bits per heavy atom. The molecule has 1 aromatic carbocycles. The number of nitrogens with zero attached hydrogens (tertiary/aromatic N) is 1. The second kappa shape index (κ2) is 8.65. The zero-order chi connectivity index (χ0) is 20.3. The number of nitrogens with one attached hydrogen (secondary N) is 2. The highest BCUT2D eigenvalue weighted by Crippen LogP contribution is 2.33. The Bertz CT molecular complexity index is 753. The van der Waals surface area contributed by atoms with Crippen molar-refractivity contribution in [1.29, 1.82) is 0 Å². The van der Waals surface area contributed by atoms with Crippen LogP contribution >= 0.6 is 12.2 Å². The molecule has 0 unspecified atom stereocenters. The number of carbonyl (C=O) groups excluding carboxylic acids is 1. The number of ether oxygens (including phenoxy) is 1. The Balaban J connectivity index is 2.52. The van der Waals surface area contributed by atoms with Crippen LogP contribution in [0.4, 0.5) is 8.78 Å². The van der Waals surface area contributed by atoms with Gasteiger partial charge in [0.25, 0.3) is 5.91 Å². The minimum atomic E-state index is -2.89. The van der Waals surface area contributed by atoms with Gasteiger partial charge in [0, 0.05) is 18.8 Å². The summed E-state index contributed by atoms with van der Waals surface area (Å²) in [5, 5.41) is 6.56. The lowest BCUT2D eigenvalue weighted by atomic mass is 9.92. The molecule has 1 aromatic rings. The molecule has 8 heteroatoms. The first-order chi connectivity index (χ1) is 12.7. The molecule has 0 aliphatic carbocycles. The molecule has 0 fully saturated rings. The molecule has 5 nitrogen and oxygen atoms in total. The average Bonchev–Trinajstić information content (AvgIpc) is 2.58. The molecule has 1 atom stereocenters. The van der Waals surface area contributed by atoms with Crippen LogP contribution in [0.15, 0.2) is 23.4 Å². The minimum Gasteiger partial charge on any atom is -0.434 e. The van der Waals surface area contributed by atoms with Gasteiger partial charge in [0.05, 0.1) is 11.6 Å². The second-order valence-corrected chi connectivity index (χ2v) is 6.82. The van der Waals surface area contributed by atoms with Crippen LogP contribution in [0.5, 0.6) is 5.75 Å². The summed E-state index contributed by atoms with van der Waals surface area (Å²) in [6.07, 6.45) is 0. The summed E-state index contributed by atoms with van der Waals surface area (Å²) in [7, 11) is 0. The van der Waals surface area contributed by atoms with Crippen molar-refractivity contribution in [1.82, 2.24) is 15.5 Å². The zero-order valence-corrected chi connectivity index (χ0v) is 17.0. The normalized spacial score (nSPS) is 16.9. The smallest absolute Gasteiger partial charge is 0.387 e. The molecule has 1 aliphatic rings. The third-order valence-electron chi connectivity index (χ3n) is 4.57. The van der Waals surface area contributed by atoms with Crippen molar-refractivity contribution in [2.24, 2.45) is 0 Å². The van der Waals surface area contributed by atoms with E-state index in [2.05, 4.69) is 15.4 Å². The van der Waals surface area contributed by atoms with Gasteiger partial charge in [0.1, 0.15) is 5.75 Å². The number of carbonyl (C=O) groups is 1. The third kappa shape index (κ3) is 4.55. The van der Waals surface area contributed by atoms with Gasteiger partial charge in [-0.3, -0.25) is 4.79 Å². The molecule has 0 aromatic heterocycles. The van der Waals surface area contributed by atoms with E-state index in [0.29, 0.717) is 40.6 Å². The molecule has 1 aliphatic heterocycles. The van der Waals surface area contributed by atoms with Crippen LogP contribution in [-0.2, 0) is 4.79 Å². The summed E-state index contributed by atoms with van der Waals surface area (Å²) in [5.74, 6) is 0.0656. The maximum absolute atomic E-state index is 13.1. The molecule has 0 radical (unpaired) electrons. The number of benzene rings is 1. The number of allylic oxidation sites excluding steroid dienone is 1. The van der Waals surface area contributed by atoms with Gasteiger partial charge >= 0.3 is 6.61 Å². The molecule has 148 valence electrons. The Morgan fingerprint density at radius 3 is 2.26 bits per heavy atom. The monoisotopic (exact) mass is 397 g/mol. The fourth-order valence-corrected chi connectivity index (χ4v) is 3.60. The van der Waals surface area contributed by atoms with Gasteiger partial charge in [-0.1, -0.05) is 0 Å². The van der Waals surface area contributed by atoms with Crippen LogP contribution < -0.4 is 15.4 Å². The molecule has 1 amide bonds. The maximum Gasteiger partial charge on any atom is 0.387 e. The van der Waals surface area contributed by atoms with E-state index >= 15 is 0 Å². The van der Waals surface area contributed by atoms with Crippen molar-refractivity contribution >= 4 is 23.2 Å². The van der Waals surface area contributed by atoms with E-state index in [0.717, 1.165) is 5.56 Å². The number of amides is 1. The number of aryl methyl sites for hydroxylation is 2. The molecule has 27 heavy (non-hydrogen) atoms. The largest absolute Gasteiger partial charge is 0.434 e. The first kappa shape index (κ1) is 21.1. The van der Waals surface area contributed by atoms with E-state index in [9.17, 15) is 13.6 Å². The lowest BCUT2D eigenvalue weighted by Crippen LogP contribution is -2.47. The predicted octanol–water partition coefficient (Wildman–Crippen LogP) is 3.57. The SMILES string of the molecule is CCN(CC)C(=O)C1=C(C)NC(=S)N[C@@H]1c1cc(C)c(OC(F)F)c(C)c1. The highest BCUT2D eigenvalue weighted by molar-refractivity contribution is 7.80. The quantitative estimate of drug-likeness (QED) is 0.719. The summed E-state index contributed by atoms with van der Waals surface area (Å²) in [6.45, 7) is 7.35. The lowest BCUT2D eigenvalue weighted by Gasteiger charge is -2.33. The molecule has 0 saturated carbocycles. The molecule has 2 rings (SSSR count). The van der Waals surface area contributed by atoms with Crippen molar-refractivity contribution in [3.05, 3.63) is 40.1 Å². The van der Waals surface area contributed by atoms with Crippen LogP contribution in [0, 0.1) is 13.8 Å². The highest BCUT2D eigenvalue weighted by atomic mass is 32.1. The second-order valence-electron chi connectivity index (χ2n) is 6.41. The first-order valence-electron chi connectivity index (χ1n) is 8.83. The van der Waals surface area contributed by atoms with Gasteiger partial charge in [-0.2, -0.15) is 8.78 Å². The molecule has 0 saturated heterocycles. The molecule has 1 heterocycles. The number of rotatable bonds is 6. The Labute approximate surface area is 163 Å². The molecule has 0 bridgehead atoms. The summed E-state index contributed by atoms with van der Waals surface area (Å²) in [6, 6.07) is 3.03. The van der Waals surface area contributed by atoms with Crippen molar-refractivity contribution in [2.45, 2.75) is 47.3 Å². The van der Waals surface area contributed by atoms with E-state index in [4.69, 9.17) is 12.2 Å². The predicted molar refractivity (Wildman–Crippen MR) is 105 cm³/mol. The van der Waals surface area contributed by atoms with Crippen LogP contribution in [-0.4, -0.2) is 35.6 Å². The minimum absolute atomic E-state index is 0.0896.